The lowest BCUT2D eigenvalue weighted by molar-refractivity contribution is -0.384. The molecule has 102 valence electrons. The van der Waals surface area contributed by atoms with Gasteiger partial charge < -0.3 is 9.84 Å². The summed E-state index contributed by atoms with van der Waals surface area (Å²) in [6.45, 7) is 2.10. The van der Waals surface area contributed by atoms with Gasteiger partial charge in [0, 0.05) is 12.1 Å². The van der Waals surface area contributed by atoms with E-state index in [0.29, 0.717) is 6.42 Å². The van der Waals surface area contributed by atoms with E-state index in [0.717, 1.165) is 24.6 Å². The van der Waals surface area contributed by atoms with Crippen LogP contribution in [0, 0.1) is 10.1 Å². The Morgan fingerprint density at radius 1 is 1.37 bits per heavy atom. The van der Waals surface area contributed by atoms with Gasteiger partial charge in [-0.15, -0.1) is 0 Å². The largest absolute Gasteiger partial charge is 0.478 e. The lowest BCUT2D eigenvalue weighted by Gasteiger charge is -2.06. The van der Waals surface area contributed by atoms with Gasteiger partial charge in [-0.3, -0.25) is 10.1 Å². The zero-order chi connectivity index (χ0) is 14.4. The molecule has 1 aromatic rings. The van der Waals surface area contributed by atoms with Crippen LogP contribution in [-0.4, -0.2) is 28.6 Å². The Morgan fingerprint density at radius 3 is 2.58 bits per heavy atom. The zero-order valence-electron chi connectivity index (χ0n) is 10.3. The van der Waals surface area contributed by atoms with Gasteiger partial charge in [0.1, 0.15) is 0 Å². The lowest BCUT2D eigenvalue weighted by atomic mass is 10.1. The fourth-order valence-electron chi connectivity index (χ4n) is 1.39. The smallest absolute Gasteiger partial charge is 0.339 e. The third-order valence-corrected chi connectivity index (χ3v) is 2.40. The average Bonchev–Trinajstić information content (AvgIpc) is 2.38. The summed E-state index contributed by atoms with van der Waals surface area (Å²) in [7, 11) is 0. The molecule has 0 saturated carbocycles. The van der Waals surface area contributed by atoms with Crippen LogP contribution in [0.5, 0.6) is 0 Å². The number of non-ortho nitro benzene ring substituents is 1. The van der Waals surface area contributed by atoms with Gasteiger partial charge in [0.05, 0.1) is 22.7 Å². The average molecular weight is 267 g/mol. The van der Waals surface area contributed by atoms with E-state index in [1.165, 1.54) is 0 Å². The Morgan fingerprint density at radius 2 is 2.05 bits per heavy atom. The van der Waals surface area contributed by atoms with Gasteiger partial charge in [-0.1, -0.05) is 13.3 Å². The first-order chi connectivity index (χ1) is 8.97. The molecule has 1 N–H and O–H groups in total. The number of aromatic carboxylic acids is 1. The van der Waals surface area contributed by atoms with E-state index in [2.05, 4.69) is 0 Å². The molecule has 7 nitrogen and oxygen atoms in total. The van der Waals surface area contributed by atoms with Crippen molar-refractivity contribution in [3.63, 3.8) is 0 Å². The van der Waals surface area contributed by atoms with Gasteiger partial charge in [0.2, 0.25) is 0 Å². The second-order valence-corrected chi connectivity index (χ2v) is 3.78. The Kier molecular flexibility index (Phi) is 4.99. The maximum absolute atomic E-state index is 11.7. The molecule has 1 aromatic carbocycles. The van der Waals surface area contributed by atoms with Crippen LogP contribution >= 0.6 is 0 Å². The number of hydrogen-bond acceptors (Lipinski definition) is 5. The molecule has 0 atom stereocenters. The molecule has 0 fully saturated rings. The Labute approximate surface area is 109 Å². The second-order valence-electron chi connectivity index (χ2n) is 3.78. The van der Waals surface area contributed by atoms with Crippen molar-refractivity contribution in [1.82, 2.24) is 0 Å². The van der Waals surface area contributed by atoms with Gasteiger partial charge in [-0.25, -0.2) is 9.59 Å². The maximum Gasteiger partial charge on any atom is 0.339 e. The Bertz CT molecular complexity index is 511. The first-order valence-corrected chi connectivity index (χ1v) is 5.66. The van der Waals surface area contributed by atoms with Crippen LogP contribution in [-0.2, 0) is 4.74 Å². The number of carbonyl (C=O) groups excluding carboxylic acids is 1. The minimum absolute atomic E-state index is 0.186. The molecule has 0 aliphatic carbocycles. The zero-order valence-corrected chi connectivity index (χ0v) is 10.3. The molecule has 0 radical (unpaired) electrons. The molecule has 0 amide bonds. The number of benzene rings is 1. The number of carboxylic acids is 1. The third kappa shape index (κ3) is 3.77. The molecule has 0 aliphatic rings. The summed E-state index contributed by atoms with van der Waals surface area (Å²) in [4.78, 5) is 32.5. The van der Waals surface area contributed by atoms with Gasteiger partial charge in [-0.2, -0.15) is 0 Å². The van der Waals surface area contributed by atoms with Crippen LogP contribution in [0.2, 0.25) is 0 Å². The number of nitrogens with zero attached hydrogens (tertiary/aromatic N) is 1. The molecule has 0 heterocycles. The Hall–Kier alpha value is -2.44. The maximum atomic E-state index is 11.7. The van der Waals surface area contributed by atoms with E-state index in [9.17, 15) is 19.7 Å². The van der Waals surface area contributed by atoms with Gasteiger partial charge in [0.15, 0.2) is 0 Å². The molecule has 19 heavy (non-hydrogen) atoms. The lowest BCUT2D eigenvalue weighted by Crippen LogP contribution is -2.12. The quantitative estimate of drug-likeness (QED) is 0.366. The van der Waals surface area contributed by atoms with E-state index >= 15 is 0 Å². The van der Waals surface area contributed by atoms with Crippen LogP contribution in [0.15, 0.2) is 18.2 Å². The fraction of sp³-hybridized carbons (Fsp3) is 0.333. The highest BCUT2D eigenvalue weighted by atomic mass is 16.6. The topological polar surface area (TPSA) is 107 Å². The molecule has 0 unspecified atom stereocenters. The van der Waals surface area contributed by atoms with Crippen molar-refractivity contribution in [2.75, 3.05) is 6.61 Å². The summed E-state index contributed by atoms with van der Waals surface area (Å²) in [6, 6.07) is 3.01. The van der Waals surface area contributed by atoms with Crippen molar-refractivity contribution in [3.05, 3.63) is 39.4 Å². The normalized spacial score (nSPS) is 9.95. The minimum atomic E-state index is -1.41. The van der Waals surface area contributed by atoms with E-state index < -0.39 is 22.4 Å². The number of ether oxygens (including phenoxy) is 1. The SMILES string of the molecule is CCCCOC(=O)c1ccc([N+](=O)[O-])cc1C(=O)O. The van der Waals surface area contributed by atoms with Crippen LogP contribution < -0.4 is 0 Å². The molecule has 0 aromatic heterocycles. The van der Waals surface area contributed by atoms with Crippen molar-refractivity contribution in [2.45, 2.75) is 19.8 Å². The summed E-state index contributed by atoms with van der Waals surface area (Å²) >= 11 is 0. The molecule has 1 rings (SSSR count). The van der Waals surface area contributed by atoms with Crippen LogP contribution in [0.3, 0.4) is 0 Å². The molecule has 0 saturated heterocycles. The molecular formula is C12H13NO6. The minimum Gasteiger partial charge on any atom is -0.478 e. The first kappa shape index (κ1) is 14.6. The van der Waals surface area contributed by atoms with Crippen molar-refractivity contribution >= 4 is 17.6 Å². The van der Waals surface area contributed by atoms with Crippen LogP contribution in [0.1, 0.15) is 40.5 Å². The molecule has 0 aliphatic heterocycles. The van der Waals surface area contributed by atoms with E-state index in [1.54, 1.807) is 0 Å². The number of nitro groups is 1. The van der Waals surface area contributed by atoms with Crippen LogP contribution in [0.4, 0.5) is 5.69 Å². The van der Waals surface area contributed by atoms with E-state index in [1.807, 2.05) is 6.92 Å². The van der Waals surface area contributed by atoms with Crippen molar-refractivity contribution in [1.29, 1.82) is 0 Å². The highest BCUT2D eigenvalue weighted by Gasteiger charge is 2.21. The number of rotatable bonds is 6. The number of carboxylic acid groups (broad SMARTS) is 1. The predicted octanol–water partition coefficient (Wildman–Crippen LogP) is 2.25. The summed E-state index contributed by atoms with van der Waals surface area (Å²) < 4.78 is 4.89. The monoisotopic (exact) mass is 267 g/mol. The fourth-order valence-corrected chi connectivity index (χ4v) is 1.39. The number of esters is 1. The number of hydrogen-bond donors (Lipinski definition) is 1. The van der Waals surface area contributed by atoms with Gasteiger partial charge in [-0.05, 0) is 12.5 Å². The standard InChI is InChI=1S/C12H13NO6/c1-2-3-6-19-12(16)9-5-4-8(13(17)18)7-10(9)11(14)15/h4-5,7H,2-3,6H2,1H3,(H,14,15). The number of nitro benzene ring substituents is 1. The molecular weight excluding hydrogens is 254 g/mol. The van der Waals surface area contributed by atoms with Gasteiger partial charge >= 0.3 is 11.9 Å². The van der Waals surface area contributed by atoms with Crippen molar-refractivity contribution < 1.29 is 24.4 Å². The van der Waals surface area contributed by atoms with Crippen molar-refractivity contribution in [3.8, 4) is 0 Å². The summed E-state index contributed by atoms with van der Waals surface area (Å²) in [6.07, 6.45) is 1.50. The second kappa shape index (κ2) is 6.48. The number of carbonyl (C=O) groups is 2. The predicted molar refractivity (Wildman–Crippen MR) is 65.2 cm³/mol. The van der Waals surface area contributed by atoms with Crippen LogP contribution in [0.25, 0.3) is 0 Å². The molecule has 0 spiro atoms. The highest BCUT2D eigenvalue weighted by molar-refractivity contribution is 6.02. The summed E-state index contributed by atoms with van der Waals surface area (Å²) in [5.74, 6) is -2.20. The highest BCUT2D eigenvalue weighted by Crippen LogP contribution is 2.19. The first-order valence-electron chi connectivity index (χ1n) is 5.66. The summed E-state index contributed by atoms with van der Waals surface area (Å²) in [5.41, 5.74) is -1.01. The third-order valence-electron chi connectivity index (χ3n) is 2.40. The van der Waals surface area contributed by atoms with Crippen molar-refractivity contribution in [2.24, 2.45) is 0 Å². The van der Waals surface area contributed by atoms with E-state index in [-0.39, 0.29) is 17.9 Å². The molecule has 0 bridgehead atoms. The number of unbranched alkanes of at least 4 members (excludes halogenated alkanes) is 1. The Balaban J connectivity index is 3.03. The van der Waals surface area contributed by atoms with E-state index in [4.69, 9.17) is 9.84 Å². The summed E-state index contributed by atoms with van der Waals surface area (Å²) in [5, 5.41) is 19.5. The van der Waals surface area contributed by atoms with Gasteiger partial charge in [0.25, 0.3) is 5.69 Å². The molecule has 7 heteroatoms.